The monoisotopic (exact) mass is 249 g/mol. The third-order valence-corrected chi connectivity index (χ3v) is 6.13. The van der Waals surface area contributed by atoms with E-state index >= 15 is 0 Å². The van der Waals surface area contributed by atoms with E-state index < -0.39 is 9.84 Å². The Balaban J connectivity index is 1.65. The van der Waals surface area contributed by atoms with Gasteiger partial charge in [-0.2, -0.15) is 11.8 Å². The molecule has 1 saturated heterocycles. The highest BCUT2D eigenvalue weighted by Gasteiger charge is 2.37. The molecule has 1 aliphatic carbocycles. The van der Waals surface area contributed by atoms with Crippen LogP contribution in [0.3, 0.4) is 0 Å². The maximum absolute atomic E-state index is 11.2. The van der Waals surface area contributed by atoms with E-state index in [-0.39, 0.29) is 5.25 Å². The molecule has 88 valence electrons. The predicted octanol–water partition coefficient (Wildman–Crippen LogP) is 0.857. The van der Waals surface area contributed by atoms with E-state index in [1.54, 1.807) is 0 Å². The minimum Gasteiger partial charge on any atom is -0.300 e. The zero-order valence-corrected chi connectivity index (χ0v) is 11.0. The number of nitrogens with zero attached hydrogens (tertiary/aromatic N) is 1. The lowest BCUT2D eigenvalue weighted by Gasteiger charge is -2.44. The van der Waals surface area contributed by atoms with E-state index in [1.165, 1.54) is 19.1 Å². The van der Waals surface area contributed by atoms with Crippen LogP contribution in [0, 0.1) is 5.92 Å². The Morgan fingerprint density at radius 3 is 2.40 bits per heavy atom. The Morgan fingerprint density at radius 1 is 1.33 bits per heavy atom. The molecule has 2 rings (SSSR count). The van der Waals surface area contributed by atoms with Crippen LogP contribution in [0.15, 0.2) is 0 Å². The van der Waals surface area contributed by atoms with Crippen molar-refractivity contribution < 1.29 is 8.42 Å². The average molecular weight is 249 g/mol. The van der Waals surface area contributed by atoms with Gasteiger partial charge in [0.05, 0.1) is 5.25 Å². The number of rotatable bonds is 4. The molecule has 0 aromatic heterocycles. The topological polar surface area (TPSA) is 37.4 Å². The van der Waals surface area contributed by atoms with Gasteiger partial charge in [-0.3, -0.25) is 0 Å². The highest BCUT2D eigenvalue weighted by molar-refractivity contribution is 7.99. The Hall–Kier alpha value is 0.260. The van der Waals surface area contributed by atoms with Crippen molar-refractivity contribution >= 4 is 21.6 Å². The fraction of sp³-hybridized carbons (Fsp3) is 1.00. The van der Waals surface area contributed by atoms with E-state index in [1.807, 2.05) is 11.8 Å². The van der Waals surface area contributed by atoms with Crippen molar-refractivity contribution in [2.24, 2.45) is 5.92 Å². The first-order chi connectivity index (χ1) is 6.99. The van der Waals surface area contributed by atoms with E-state index in [9.17, 15) is 8.42 Å². The average Bonchev–Trinajstić information content (AvgIpc) is 1.95. The van der Waals surface area contributed by atoms with Crippen LogP contribution in [-0.2, 0) is 9.84 Å². The van der Waals surface area contributed by atoms with Crippen molar-refractivity contribution in [3.63, 3.8) is 0 Å². The first-order valence-corrected chi connectivity index (χ1v) is 8.67. The van der Waals surface area contributed by atoms with Crippen molar-refractivity contribution in [2.75, 3.05) is 32.1 Å². The minimum atomic E-state index is -2.78. The normalized spacial score (nSPS) is 33.5. The van der Waals surface area contributed by atoms with E-state index in [0.717, 1.165) is 30.8 Å². The summed E-state index contributed by atoms with van der Waals surface area (Å²) in [5.74, 6) is 0.822. The zero-order valence-electron chi connectivity index (χ0n) is 9.35. The number of hydrogen-bond donors (Lipinski definition) is 0. The third kappa shape index (κ3) is 2.68. The second-order valence-corrected chi connectivity index (χ2v) is 8.33. The van der Waals surface area contributed by atoms with Crippen molar-refractivity contribution in [2.45, 2.75) is 23.3 Å². The minimum absolute atomic E-state index is 0.0890. The number of thioether (sulfide) groups is 1. The van der Waals surface area contributed by atoms with Crippen molar-refractivity contribution in [3.8, 4) is 0 Å². The first kappa shape index (κ1) is 11.7. The molecule has 0 aromatic rings. The maximum atomic E-state index is 11.2. The molecule has 0 bridgehead atoms. The summed E-state index contributed by atoms with van der Waals surface area (Å²) in [5, 5.41) is 0.774. The number of likely N-dealkylation sites (tertiary alicyclic amines) is 1. The molecule has 2 fully saturated rings. The number of hydrogen-bond acceptors (Lipinski definition) is 4. The zero-order chi connectivity index (χ0) is 11.1. The molecular formula is C10H19NO2S2. The fourth-order valence-electron chi connectivity index (χ4n) is 2.32. The lowest BCUT2D eigenvalue weighted by molar-refractivity contribution is 0.126. The summed E-state index contributed by atoms with van der Waals surface area (Å²) in [5.41, 5.74) is 0. The van der Waals surface area contributed by atoms with Gasteiger partial charge in [0.1, 0.15) is 0 Å². The highest BCUT2D eigenvalue weighted by Crippen LogP contribution is 2.36. The molecule has 0 N–H and O–H groups in total. The molecule has 5 heteroatoms. The molecular weight excluding hydrogens is 230 g/mol. The van der Waals surface area contributed by atoms with Crippen LogP contribution in [0.25, 0.3) is 0 Å². The van der Waals surface area contributed by atoms with E-state index in [2.05, 4.69) is 11.2 Å². The summed E-state index contributed by atoms with van der Waals surface area (Å²) in [7, 11) is -2.78. The van der Waals surface area contributed by atoms with Crippen molar-refractivity contribution in [1.82, 2.24) is 4.90 Å². The standard InChI is InChI=1S/C10H19NO2S2/c1-14-9-3-8(4-9)5-11-6-10(7-11)15(2,12)13/h8-10H,3-7H2,1-2H3. The van der Waals surface area contributed by atoms with Gasteiger partial charge in [-0.15, -0.1) is 0 Å². The molecule has 2 aliphatic rings. The SMILES string of the molecule is CSC1CC(CN2CC(S(C)(=O)=O)C2)C1. The van der Waals surface area contributed by atoms with Crippen molar-refractivity contribution in [3.05, 3.63) is 0 Å². The Bertz CT molecular complexity index is 316. The molecule has 1 aliphatic heterocycles. The second kappa shape index (κ2) is 4.26. The molecule has 0 aromatic carbocycles. The Labute approximate surface area is 96.5 Å². The maximum Gasteiger partial charge on any atom is 0.152 e. The molecule has 1 heterocycles. The van der Waals surface area contributed by atoms with E-state index in [0.29, 0.717) is 0 Å². The largest absolute Gasteiger partial charge is 0.300 e. The predicted molar refractivity (Wildman–Crippen MR) is 65.1 cm³/mol. The van der Waals surface area contributed by atoms with Crippen LogP contribution in [0.2, 0.25) is 0 Å². The van der Waals surface area contributed by atoms with Gasteiger partial charge in [0.2, 0.25) is 0 Å². The van der Waals surface area contributed by atoms with Crippen LogP contribution >= 0.6 is 11.8 Å². The summed E-state index contributed by atoms with van der Waals surface area (Å²) in [4.78, 5) is 2.28. The molecule has 0 amide bonds. The lowest BCUT2D eigenvalue weighted by Crippen LogP contribution is -2.56. The van der Waals surface area contributed by atoms with Gasteiger partial charge in [0, 0.05) is 31.1 Å². The molecule has 0 spiro atoms. The molecule has 3 nitrogen and oxygen atoms in total. The van der Waals surface area contributed by atoms with Crippen LogP contribution in [0.1, 0.15) is 12.8 Å². The summed E-state index contributed by atoms with van der Waals surface area (Å²) in [6.45, 7) is 2.64. The van der Waals surface area contributed by atoms with Gasteiger partial charge in [-0.05, 0) is 25.0 Å². The molecule has 0 atom stereocenters. The first-order valence-electron chi connectivity index (χ1n) is 5.43. The quantitative estimate of drug-likeness (QED) is 0.740. The molecule has 0 radical (unpaired) electrons. The molecule has 0 unspecified atom stereocenters. The Morgan fingerprint density at radius 2 is 1.93 bits per heavy atom. The summed E-state index contributed by atoms with van der Waals surface area (Å²) in [6.07, 6.45) is 6.16. The Kier molecular flexibility index (Phi) is 3.33. The molecule has 15 heavy (non-hydrogen) atoms. The van der Waals surface area contributed by atoms with Crippen LogP contribution < -0.4 is 0 Å². The highest BCUT2D eigenvalue weighted by atomic mass is 32.2. The van der Waals surface area contributed by atoms with Gasteiger partial charge >= 0.3 is 0 Å². The van der Waals surface area contributed by atoms with Crippen molar-refractivity contribution in [1.29, 1.82) is 0 Å². The van der Waals surface area contributed by atoms with Gasteiger partial charge in [-0.25, -0.2) is 8.42 Å². The summed E-state index contributed by atoms with van der Waals surface area (Å²) < 4.78 is 22.4. The van der Waals surface area contributed by atoms with Crippen LogP contribution in [-0.4, -0.2) is 56.0 Å². The van der Waals surface area contributed by atoms with Gasteiger partial charge in [-0.1, -0.05) is 0 Å². The van der Waals surface area contributed by atoms with Gasteiger partial charge in [0.15, 0.2) is 9.84 Å². The van der Waals surface area contributed by atoms with Gasteiger partial charge in [0.25, 0.3) is 0 Å². The molecule has 1 saturated carbocycles. The smallest absolute Gasteiger partial charge is 0.152 e. The lowest BCUT2D eigenvalue weighted by atomic mass is 9.84. The second-order valence-electron chi connectivity index (χ2n) is 4.87. The summed E-state index contributed by atoms with van der Waals surface area (Å²) in [6, 6.07) is 0. The van der Waals surface area contributed by atoms with Crippen LogP contribution in [0.5, 0.6) is 0 Å². The fourth-order valence-corrected chi connectivity index (χ4v) is 4.22. The van der Waals surface area contributed by atoms with Gasteiger partial charge < -0.3 is 4.90 Å². The van der Waals surface area contributed by atoms with E-state index in [4.69, 9.17) is 0 Å². The summed E-state index contributed by atoms with van der Waals surface area (Å²) >= 11 is 1.96. The van der Waals surface area contributed by atoms with Crippen LogP contribution in [0.4, 0.5) is 0 Å². The number of sulfone groups is 1. The third-order valence-electron chi connectivity index (χ3n) is 3.57.